The zero-order valence-corrected chi connectivity index (χ0v) is 29.4. The Kier molecular flexibility index (Phi) is 27.9. The number of nitrogens with zero attached hydrogens (tertiary/aromatic N) is 2. The molecule has 2 aromatic heterocycles. The summed E-state index contributed by atoms with van der Waals surface area (Å²) in [5.74, 6) is 0. The highest BCUT2D eigenvalue weighted by atomic mass is 79.9. The smallest absolute Gasteiger partial charge is 0.169 e. The summed E-state index contributed by atoms with van der Waals surface area (Å²) in [6, 6.07) is 9.12. The summed E-state index contributed by atoms with van der Waals surface area (Å²) in [5.41, 5.74) is 2.64. The molecule has 0 radical (unpaired) electrons. The van der Waals surface area contributed by atoms with Crippen LogP contribution in [0.2, 0.25) is 0 Å². The fourth-order valence-electron chi connectivity index (χ4n) is 5.51. The van der Waals surface area contributed by atoms with E-state index in [9.17, 15) is 0 Å². The molecule has 0 aliphatic heterocycles. The zero-order chi connectivity index (χ0) is 26.9. The van der Waals surface area contributed by atoms with Gasteiger partial charge in [0.2, 0.25) is 0 Å². The Morgan fingerprint density at radius 2 is 0.575 bits per heavy atom. The summed E-state index contributed by atoms with van der Waals surface area (Å²) in [4.78, 5) is 0. The van der Waals surface area contributed by atoms with E-state index in [0.717, 1.165) is 13.1 Å². The second-order valence-electron chi connectivity index (χ2n) is 11.7. The molecule has 0 spiro atoms. The minimum absolute atomic E-state index is 0. The maximum Gasteiger partial charge on any atom is 0.169 e. The predicted octanol–water partition coefficient (Wildman–Crippen LogP) is 4.56. The molecule has 0 fully saturated rings. The van der Waals surface area contributed by atoms with Gasteiger partial charge in [0.25, 0.3) is 0 Å². The van der Waals surface area contributed by atoms with Gasteiger partial charge in [-0.2, -0.15) is 0 Å². The van der Waals surface area contributed by atoms with Gasteiger partial charge in [0.15, 0.2) is 24.8 Å². The van der Waals surface area contributed by atoms with Crippen LogP contribution in [0.15, 0.2) is 49.1 Å². The van der Waals surface area contributed by atoms with E-state index in [2.05, 4.69) is 72.0 Å². The van der Waals surface area contributed by atoms with Crippen molar-refractivity contribution in [3.63, 3.8) is 0 Å². The lowest BCUT2D eigenvalue weighted by atomic mass is 10.1. The highest BCUT2D eigenvalue weighted by Crippen LogP contribution is 2.16. The maximum atomic E-state index is 2.35. The second kappa shape index (κ2) is 28.4. The zero-order valence-electron chi connectivity index (χ0n) is 26.2. The first-order valence-corrected chi connectivity index (χ1v) is 16.8. The van der Waals surface area contributed by atoms with E-state index in [1.807, 2.05) is 0 Å². The molecule has 0 bridgehead atoms. The molecule has 0 aliphatic rings. The van der Waals surface area contributed by atoms with Crippen LogP contribution in [0.3, 0.4) is 0 Å². The van der Waals surface area contributed by atoms with Crippen molar-refractivity contribution < 1.29 is 43.1 Å². The molecule has 0 aromatic carbocycles. The number of unbranched alkanes of at least 4 members (excludes halogenated alkanes) is 20. The lowest BCUT2D eigenvalue weighted by Gasteiger charge is -2.03. The van der Waals surface area contributed by atoms with Crippen molar-refractivity contribution in [1.82, 2.24) is 0 Å². The van der Waals surface area contributed by atoms with E-state index in [0.29, 0.717) is 0 Å². The Hall–Kier alpha value is -0.740. The van der Waals surface area contributed by atoms with E-state index in [-0.39, 0.29) is 34.0 Å². The van der Waals surface area contributed by atoms with Crippen molar-refractivity contribution in [2.45, 2.75) is 168 Å². The van der Waals surface area contributed by atoms with Gasteiger partial charge in [0.1, 0.15) is 13.1 Å². The van der Waals surface area contributed by atoms with Crippen LogP contribution in [0.25, 0.3) is 11.1 Å². The second-order valence-corrected chi connectivity index (χ2v) is 11.7. The van der Waals surface area contributed by atoms with Crippen LogP contribution >= 0.6 is 0 Å². The van der Waals surface area contributed by atoms with Crippen molar-refractivity contribution >= 4 is 0 Å². The molecule has 2 heterocycles. The van der Waals surface area contributed by atoms with Gasteiger partial charge < -0.3 is 34.0 Å². The number of aryl methyl sites for hydroxylation is 2. The van der Waals surface area contributed by atoms with Gasteiger partial charge in [0, 0.05) is 37.1 Å². The van der Waals surface area contributed by atoms with E-state index < -0.39 is 0 Å². The van der Waals surface area contributed by atoms with Crippen molar-refractivity contribution in [2.75, 3.05) is 0 Å². The van der Waals surface area contributed by atoms with Gasteiger partial charge >= 0.3 is 0 Å². The van der Waals surface area contributed by atoms with Crippen LogP contribution in [0.4, 0.5) is 0 Å². The van der Waals surface area contributed by atoms with Crippen LogP contribution in [0, 0.1) is 0 Å². The van der Waals surface area contributed by atoms with Gasteiger partial charge in [-0.05, 0) is 24.0 Å². The summed E-state index contributed by atoms with van der Waals surface area (Å²) < 4.78 is 4.71. The molecular weight excluding hydrogens is 620 g/mol. The Balaban J connectivity index is 0.00000760. The third-order valence-corrected chi connectivity index (χ3v) is 8.16. The molecule has 0 aliphatic carbocycles. The van der Waals surface area contributed by atoms with Crippen molar-refractivity contribution in [3.05, 3.63) is 49.1 Å². The van der Waals surface area contributed by atoms with E-state index in [1.165, 1.54) is 152 Å². The normalized spacial score (nSPS) is 10.8. The lowest BCUT2D eigenvalue weighted by Crippen LogP contribution is -3.00. The fourth-order valence-corrected chi connectivity index (χ4v) is 5.51. The van der Waals surface area contributed by atoms with Crippen LogP contribution < -0.4 is 43.1 Å². The van der Waals surface area contributed by atoms with Gasteiger partial charge in [-0.25, -0.2) is 9.13 Å². The van der Waals surface area contributed by atoms with Gasteiger partial charge in [-0.1, -0.05) is 129 Å². The Bertz CT molecular complexity index is 709. The first kappa shape index (κ1) is 39.3. The first-order valence-electron chi connectivity index (χ1n) is 16.8. The average molecular weight is 683 g/mol. The predicted molar refractivity (Wildman–Crippen MR) is 165 cm³/mol. The highest BCUT2D eigenvalue weighted by Gasteiger charge is 2.06. The average Bonchev–Trinajstić information content (AvgIpc) is 2.95. The SMILES string of the molecule is CCCCCCCCCCCCC[n+]1ccc(-c2cc[n+](CCCCCCCCCCCCC)cc2)cc1.[Br-].[Br-]. The van der Waals surface area contributed by atoms with E-state index >= 15 is 0 Å². The monoisotopic (exact) mass is 680 g/mol. The first-order chi connectivity index (χ1) is 18.8. The molecule has 0 saturated heterocycles. The third-order valence-electron chi connectivity index (χ3n) is 8.16. The Labute approximate surface area is 270 Å². The molecule has 0 unspecified atom stereocenters. The molecule has 2 nitrogen and oxygen atoms in total. The molecule has 2 aromatic rings. The largest absolute Gasteiger partial charge is 1.00 e. The summed E-state index contributed by atoms with van der Waals surface area (Å²) >= 11 is 0. The van der Waals surface area contributed by atoms with Crippen LogP contribution in [0.5, 0.6) is 0 Å². The third kappa shape index (κ3) is 20.2. The molecule has 0 saturated carbocycles. The number of hydrogen-bond acceptors (Lipinski definition) is 0. The fraction of sp³-hybridized carbons (Fsp3) is 0.722. The molecule has 230 valence electrons. The Morgan fingerprint density at radius 1 is 0.350 bits per heavy atom. The van der Waals surface area contributed by atoms with Crippen molar-refractivity contribution in [1.29, 1.82) is 0 Å². The van der Waals surface area contributed by atoms with Gasteiger partial charge in [-0.3, -0.25) is 0 Å². The van der Waals surface area contributed by atoms with E-state index in [4.69, 9.17) is 0 Å². The minimum atomic E-state index is 0. The number of halogens is 2. The number of hydrogen-bond donors (Lipinski definition) is 0. The topological polar surface area (TPSA) is 7.76 Å². The van der Waals surface area contributed by atoms with Crippen LogP contribution in [-0.4, -0.2) is 0 Å². The van der Waals surface area contributed by atoms with Crippen LogP contribution in [0.1, 0.15) is 155 Å². The van der Waals surface area contributed by atoms with Gasteiger partial charge in [0.05, 0.1) is 0 Å². The standard InChI is InChI=1S/C36H62N2.2BrH/c1-3-5-7-9-11-13-15-17-19-21-23-29-37-31-25-35(26-32-37)36-27-33-38(34-28-36)30-24-22-20-18-16-14-12-10-8-6-4-2;;/h25-28,31-34H,3-24,29-30H2,1-2H3;2*1H/q+2;;/p-2. The molecular formula is C36H62Br2N2. The summed E-state index contributed by atoms with van der Waals surface area (Å²) in [6.07, 6.45) is 40.0. The highest BCUT2D eigenvalue weighted by molar-refractivity contribution is 5.60. The molecule has 2 rings (SSSR count). The molecule has 40 heavy (non-hydrogen) atoms. The number of aromatic nitrogens is 2. The quantitative estimate of drug-likeness (QED) is 0.107. The summed E-state index contributed by atoms with van der Waals surface area (Å²) in [6.45, 7) is 6.88. The number of pyridine rings is 2. The van der Waals surface area contributed by atoms with Gasteiger partial charge in [-0.15, -0.1) is 0 Å². The van der Waals surface area contributed by atoms with Crippen molar-refractivity contribution in [2.24, 2.45) is 0 Å². The minimum Gasteiger partial charge on any atom is -1.00 e. The van der Waals surface area contributed by atoms with Crippen LogP contribution in [-0.2, 0) is 13.1 Å². The summed E-state index contributed by atoms with van der Waals surface area (Å²) in [5, 5.41) is 0. The Morgan fingerprint density at radius 3 is 0.825 bits per heavy atom. The summed E-state index contributed by atoms with van der Waals surface area (Å²) in [7, 11) is 0. The molecule has 0 atom stereocenters. The lowest BCUT2D eigenvalue weighted by molar-refractivity contribution is -0.697. The molecule has 4 heteroatoms. The van der Waals surface area contributed by atoms with E-state index in [1.54, 1.807) is 0 Å². The number of rotatable bonds is 25. The molecule has 0 N–H and O–H groups in total. The maximum absolute atomic E-state index is 2.35. The molecule has 0 amide bonds. The van der Waals surface area contributed by atoms with Crippen molar-refractivity contribution in [3.8, 4) is 11.1 Å².